The maximum atomic E-state index is 13.5. The lowest BCUT2D eigenvalue weighted by Crippen LogP contribution is -2.32. The number of hydrogen-bond donors (Lipinski definition) is 0. The Balaban J connectivity index is 1.88. The largest absolute Gasteiger partial charge is 0.339 e. The minimum Gasteiger partial charge on any atom is -0.339 e. The Bertz CT molecular complexity index is 968. The Kier molecular flexibility index (Phi) is 4.93. The van der Waals surface area contributed by atoms with Gasteiger partial charge in [-0.3, -0.25) is 4.79 Å². The lowest BCUT2D eigenvalue weighted by molar-refractivity contribution is 0.0763. The summed E-state index contributed by atoms with van der Waals surface area (Å²) in [5, 5.41) is 0.958. The third kappa shape index (κ3) is 3.46. The van der Waals surface area contributed by atoms with Crippen LogP contribution < -0.4 is 0 Å². The molecule has 138 valence electrons. The summed E-state index contributed by atoms with van der Waals surface area (Å²) < 4.78 is 0. The quantitative estimate of drug-likeness (QED) is 0.603. The molecule has 1 saturated heterocycles. The summed E-state index contributed by atoms with van der Waals surface area (Å²) >= 11 is 0. The van der Waals surface area contributed by atoms with Crippen molar-refractivity contribution < 1.29 is 4.79 Å². The highest BCUT2D eigenvalue weighted by molar-refractivity contribution is 6.08. The molecule has 3 heteroatoms. The maximum absolute atomic E-state index is 13.5. The maximum Gasteiger partial charge on any atom is 0.254 e. The zero-order chi connectivity index (χ0) is 18.8. The zero-order valence-corrected chi connectivity index (χ0v) is 16.2. The van der Waals surface area contributed by atoms with Crippen LogP contribution in [0.2, 0.25) is 0 Å². The molecular formula is C24H26N2O. The van der Waals surface area contributed by atoms with E-state index in [-0.39, 0.29) is 5.91 Å². The van der Waals surface area contributed by atoms with E-state index in [0.29, 0.717) is 0 Å². The van der Waals surface area contributed by atoms with Gasteiger partial charge in [0.2, 0.25) is 0 Å². The van der Waals surface area contributed by atoms with Gasteiger partial charge in [0.05, 0.1) is 16.8 Å². The zero-order valence-electron chi connectivity index (χ0n) is 16.2. The van der Waals surface area contributed by atoms with E-state index in [1.54, 1.807) is 0 Å². The summed E-state index contributed by atoms with van der Waals surface area (Å²) in [6.45, 7) is 5.84. The van der Waals surface area contributed by atoms with Crippen LogP contribution >= 0.6 is 0 Å². The summed E-state index contributed by atoms with van der Waals surface area (Å²) in [6.07, 6.45) is 4.63. The van der Waals surface area contributed by atoms with Gasteiger partial charge in [0, 0.05) is 24.0 Å². The molecule has 1 aliphatic rings. The van der Waals surface area contributed by atoms with Crippen molar-refractivity contribution in [1.29, 1.82) is 0 Å². The molecule has 0 unspecified atom stereocenters. The minimum absolute atomic E-state index is 0.154. The number of pyridine rings is 1. The smallest absolute Gasteiger partial charge is 0.254 e. The fourth-order valence-electron chi connectivity index (χ4n) is 4.01. The Labute approximate surface area is 161 Å². The highest BCUT2D eigenvalue weighted by Crippen LogP contribution is 2.31. The topological polar surface area (TPSA) is 33.2 Å². The molecule has 2 heterocycles. The second-order valence-corrected chi connectivity index (χ2v) is 7.55. The van der Waals surface area contributed by atoms with Crippen molar-refractivity contribution in [2.24, 2.45) is 0 Å². The molecule has 1 amide bonds. The van der Waals surface area contributed by atoms with Crippen LogP contribution in [0.3, 0.4) is 0 Å². The van der Waals surface area contributed by atoms with Gasteiger partial charge in [-0.15, -0.1) is 0 Å². The average Bonchev–Trinajstić information content (AvgIpc) is 2.97. The molecule has 0 aliphatic carbocycles. The predicted molar refractivity (Wildman–Crippen MR) is 111 cm³/mol. The third-order valence-corrected chi connectivity index (χ3v) is 5.57. The van der Waals surface area contributed by atoms with Crippen LogP contribution in [-0.4, -0.2) is 28.9 Å². The van der Waals surface area contributed by atoms with Crippen LogP contribution in [0.5, 0.6) is 0 Å². The summed E-state index contributed by atoms with van der Waals surface area (Å²) in [5.74, 6) is 0.154. The van der Waals surface area contributed by atoms with E-state index in [2.05, 4.69) is 31.2 Å². The number of benzene rings is 2. The van der Waals surface area contributed by atoms with Crippen molar-refractivity contribution in [2.75, 3.05) is 13.1 Å². The number of hydrogen-bond acceptors (Lipinski definition) is 2. The molecule has 0 bridgehead atoms. The lowest BCUT2D eigenvalue weighted by Gasteiger charge is -2.23. The van der Waals surface area contributed by atoms with Gasteiger partial charge < -0.3 is 4.90 Å². The summed E-state index contributed by atoms with van der Waals surface area (Å²) in [6, 6.07) is 16.4. The summed E-state index contributed by atoms with van der Waals surface area (Å²) in [5.41, 5.74) is 5.88. The average molecular weight is 358 g/mol. The number of carbonyl (C=O) groups excluding carboxylic acids is 1. The third-order valence-electron chi connectivity index (χ3n) is 5.57. The molecule has 0 radical (unpaired) electrons. The number of likely N-dealkylation sites (tertiary alicyclic amines) is 1. The first-order valence-electron chi connectivity index (χ1n) is 9.91. The van der Waals surface area contributed by atoms with Crippen LogP contribution in [0, 0.1) is 13.8 Å². The van der Waals surface area contributed by atoms with Gasteiger partial charge in [-0.1, -0.05) is 60.9 Å². The van der Waals surface area contributed by atoms with Crippen LogP contribution in [0.25, 0.3) is 22.2 Å². The van der Waals surface area contributed by atoms with E-state index < -0.39 is 0 Å². The van der Waals surface area contributed by atoms with Gasteiger partial charge >= 0.3 is 0 Å². The molecule has 0 spiro atoms. The van der Waals surface area contributed by atoms with Crippen LogP contribution in [0.4, 0.5) is 0 Å². The molecular weight excluding hydrogens is 332 g/mol. The molecule has 4 rings (SSSR count). The Morgan fingerprint density at radius 1 is 0.889 bits per heavy atom. The van der Waals surface area contributed by atoms with Gasteiger partial charge in [0.25, 0.3) is 5.91 Å². The number of amides is 1. The van der Waals surface area contributed by atoms with Crippen molar-refractivity contribution in [3.8, 4) is 11.3 Å². The molecule has 1 aliphatic heterocycles. The number of aryl methyl sites for hydroxylation is 1. The highest BCUT2D eigenvalue weighted by atomic mass is 16.2. The van der Waals surface area contributed by atoms with Crippen molar-refractivity contribution >= 4 is 16.8 Å². The molecule has 3 aromatic rings. The standard InChI is InChI=1S/C24H26N2O/c1-17-11-13-19(14-12-17)23-18(2)22(20-9-5-6-10-21(20)25-23)24(27)26-15-7-3-4-8-16-26/h5-6,9-14H,3-4,7-8,15-16H2,1-2H3. The number of nitrogens with zero attached hydrogens (tertiary/aromatic N) is 2. The molecule has 3 nitrogen and oxygen atoms in total. The summed E-state index contributed by atoms with van der Waals surface area (Å²) in [7, 11) is 0. The van der Waals surface area contributed by atoms with E-state index in [4.69, 9.17) is 4.98 Å². The lowest BCUT2D eigenvalue weighted by atomic mass is 9.96. The molecule has 2 aromatic carbocycles. The number of aromatic nitrogens is 1. The van der Waals surface area contributed by atoms with E-state index in [1.165, 1.54) is 18.4 Å². The molecule has 1 aromatic heterocycles. The second kappa shape index (κ2) is 7.51. The first-order valence-corrected chi connectivity index (χ1v) is 9.91. The molecule has 0 atom stereocenters. The van der Waals surface area contributed by atoms with E-state index in [0.717, 1.165) is 59.2 Å². The SMILES string of the molecule is Cc1ccc(-c2nc3ccccc3c(C(=O)N3CCCCCC3)c2C)cc1. The van der Waals surface area contributed by atoms with Crippen LogP contribution in [0.15, 0.2) is 48.5 Å². The van der Waals surface area contributed by atoms with E-state index >= 15 is 0 Å². The molecule has 1 fully saturated rings. The molecule has 0 saturated carbocycles. The second-order valence-electron chi connectivity index (χ2n) is 7.55. The Morgan fingerprint density at radius 2 is 1.56 bits per heavy atom. The Hall–Kier alpha value is -2.68. The number of fused-ring (bicyclic) bond motifs is 1. The first kappa shape index (κ1) is 17.7. The van der Waals surface area contributed by atoms with E-state index in [1.807, 2.05) is 36.1 Å². The minimum atomic E-state index is 0.154. The van der Waals surface area contributed by atoms with E-state index in [9.17, 15) is 4.79 Å². The summed E-state index contributed by atoms with van der Waals surface area (Å²) in [4.78, 5) is 20.5. The van der Waals surface area contributed by atoms with Crippen molar-refractivity contribution in [3.63, 3.8) is 0 Å². The first-order chi connectivity index (χ1) is 13.1. The molecule has 0 N–H and O–H groups in total. The molecule has 27 heavy (non-hydrogen) atoms. The monoisotopic (exact) mass is 358 g/mol. The fourth-order valence-corrected chi connectivity index (χ4v) is 4.01. The normalized spacial score (nSPS) is 15.0. The van der Waals surface area contributed by atoms with Crippen molar-refractivity contribution in [2.45, 2.75) is 39.5 Å². The Morgan fingerprint density at radius 3 is 2.26 bits per heavy atom. The number of para-hydroxylation sites is 1. The highest BCUT2D eigenvalue weighted by Gasteiger charge is 2.23. The van der Waals surface area contributed by atoms with Crippen LogP contribution in [0.1, 0.15) is 47.2 Å². The van der Waals surface area contributed by atoms with Crippen molar-refractivity contribution in [3.05, 3.63) is 65.2 Å². The fraction of sp³-hybridized carbons (Fsp3) is 0.333. The number of rotatable bonds is 2. The van der Waals surface area contributed by atoms with Gasteiger partial charge in [-0.25, -0.2) is 4.98 Å². The number of carbonyl (C=O) groups is 1. The van der Waals surface area contributed by atoms with Gasteiger partial charge in [0.15, 0.2) is 0 Å². The van der Waals surface area contributed by atoms with Gasteiger partial charge in [-0.05, 0) is 38.3 Å². The predicted octanol–water partition coefficient (Wildman–Crippen LogP) is 5.53. The van der Waals surface area contributed by atoms with Gasteiger partial charge in [-0.2, -0.15) is 0 Å². The van der Waals surface area contributed by atoms with Crippen LogP contribution in [-0.2, 0) is 0 Å². The van der Waals surface area contributed by atoms with Gasteiger partial charge in [0.1, 0.15) is 0 Å². The van der Waals surface area contributed by atoms with Crippen molar-refractivity contribution in [1.82, 2.24) is 9.88 Å².